The predicted octanol–water partition coefficient (Wildman–Crippen LogP) is 3.31. The van der Waals surface area contributed by atoms with Gasteiger partial charge in [-0.15, -0.1) is 0 Å². The second kappa shape index (κ2) is 4.92. The largest absolute Gasteiger partial charge is 0.336 e. The Morgan fingerprint density at radius 1 is 1.17 bits per heavy atom. The van der Waals surface area contributed by atoms with Crippen LogP contribution in [0, 0.1) is 0 Å². The summed E-state index contributed by atoms with van der Waals surface area (Å²) in [4.78, 5) is 11.5. The van der Waals surface area contributed by atoms with E-state index in [-0.39, 0.29) is 11.7 Å². The molecule has 1 aliphatic rings. The zero-order valence-corrected chi connectivity index (χ0v) is 11.6. The van der Waals surface area contributed by atoms with E-state index in [1.165, 1.54) is 0 Å². The van der Waals surface area contributed by atoms with Gasteiger partial charge in [0.15, 0.2) is 5.84 Å². The molecule has 1 unspecified atom stereocenters. The average molecular weight is 243 g/mol. The predicted molar refractivity (Wildman–Crippen MR) is 77.1 cm³/mol. The first kappa shape index (κ1) is 12.8. The Bertz CT molecular complexity index is 454. The van der Waals surface area contributed by atoms with E-state index in [1.807, 2.05) is 24.5 Å². The Morgan fingerprint density at radius 3 is 2.39 bits per heavy atom. The molecule has 0 N–H and O–H groups in total. The Morgan fingerprint density at radius 2 is 1.83 bits per heavy atom. The lowest BCUT2D eigenvalue weighted by Crippen LogP contribution is -2.48. The van der Waals surface area contributed by atoms with Gasteiger partial charge >= 0.3 is 0 Å². The van der Waals surface area contributed by atoms with Crippen molar-refractivity contribution >= 4 is 12.2 Å². The third-order valence-corrected chi connectivity index (χ3v) is 3.07. The summed E-state index contributed by atoms with van der Waals surface area (Å²) in [7, 11) is 0. The summed E-state index contributed by atoms with van der Waals surface area (Å²) < 4.78 is 0. The molecular formula is C15H21N3. The smallest absolute Gasteiger partial charge is 0.158 e. The van der Waals surface area contributed by atoms with Crippen molar-refractivity contribution in [1.29, 1.82) is 0 Å². The van der Waals surface area contributed by atoms with Crippen LogP contribution in [-0.4, -0.2) is 28.8 Å². The van der Waals surface area contributed by atoms with Crippen LogP contribution in [0.2, 0.25) is 0 Å². The van der Waals surface area contributed by atoms with Gasteiger partial charge < -0.3 is 4.90 Å². The van der Waals surface area contributed by atoms with E-state index in [4.69, 9.17) is 4.99 Å². The van der Waals surface area contributed by atoms with Gasteiger partial charge in [0.05, 0.1) is 6.34 Å². The molecule has 3 heteroatoms. The molecule has 0 saturated heterocycles. The van der Waals surface area contributed by atoms with Crippen molar-refractivity contribution in [1.82, 2.24) is 4.90 Å². The molecule has 1 aromatic carbocycles. The summed E-state index contributed by atoms with van der Waals surface area (Å²) in [6.45, 7) is 8.72. The van der Waals surface area contributed by atoms with E-state index in [0.717, 1.165) is 17.8 Å². The number of amidine groups is 1. The number of aliphatic imine (C=N–C) groups is 2. The molecule has 2 rings (SSSR count). The molecule has 0 spiro atoms. The van der Waals surface area contributed by atoms with E-state index >= 15 is 0 Å². The molecule has 1 heterocycles. The van der Waals surface area contributed by atoms with Crippen LogP contribution in [0.4, 0.5) is 0 Å². The third kappa shape index (κ3) is 2.61. The molecule has 0 radical (unpaired) electrons. The van der Waals surface area contributed by atoms with E-state index in [2.05, 4.69) is 49.7 Å². The molecular weight excluding hydrogens is 222 g/mol. The highest BCUT2D eigenvalue weighted by Gasteiger charge is 2.27. The van der Waals surface area contributed by atoms with Crippen molar-refractivity contribution in [2.75, 3.05) is 0 Å². The first-order valence-corrected chi connectivity index (χ1v) is 6.48. The van der Waals surface area contributed by atoms with E-state index in [0.29, 0.717) is 0 Å². The molecule has 0 aromatic heterocycles. The van der Waals surface area contributed by atoms with Gasteiger partial charge in [-0.3, -0.25) is 0 Å². The minimum absolute atomic E-state index is 0.0515. The van der Waals surface area contributed by atoms with Gasteiger partial charge in [-0.05, 0) is 27.2 Å². The van der Waals surface area contributed by atoms with Gasteiger partial charge in [0, 0.05) is 11.1 Å². The maximum absolute atomic E-state index is 4.76. The molecule has 0 bridgehead atoms. The first-order chi connectivity index (χ1) is 8.52. The van der Waals surface area contributed by atoms with Crippen LogP contribution in [0.1, 0.15) is 39.7 Å². The number of nitrogens with zero attached hydrogens (tertiary/aromatic N) is 3. The van der Waals surface area contributed by atoms with E-state index in [1.54, 1.807) is 0 Å². The molecule has 1 atom stereocenters. The first-order valence-electron chi connectivity index (χ1n) is 6.48. The zero-order valence-electron chi connectivity index (χ0n) is 11.6. The Balaban J connectivity index is 2.29. The molecule has 0 saturated carbocycles. The average Bonchev–Trinajstić information content (AvgIpc) is 2.38. The van der Waals surface area contributed by atoms with E-state index < -0.39 is 0 Å². The summed E-state index contributed by atoms with van der Waals surface area (Å²) >= 11 is 0. The highest BCUT2D eigenvalue weighted by Crippen LogP contribution is 2.21. The summed E-state index contributed by atoms with van der Waals surface area (Å²) in [5.74, 6) is 0.836. The summed E-state index contributed by atoms with van der Waals surface area (Å²) in [5.41, 5.74) is 1.14. The van der Waals surface area contributed by atoms with Crippen molar-refractivity contribution in [2.45, 2.75) is 45.8 Å². The highest BCUT2D eigenvalue weighted by molar-refractivity contribution is 6.03. The molecule has 96 valence electrons. The van der Waals surface area contributed by atoms with Crippen LogP contribution in [0.5, 0.6) is 0 Å². The van der Waals surface area contributed by atoms with Gasteiger partial charge in [0.1, 0.15) is 6.17 Å². The third-order valence-electron chi connectivity index (χ3n) is 3.07. The lowest BCUT2D eigenvalue weighted by atomic mass is 10.0. The van der Waals surface area contributed by atoms with Gasteiger partial charge in [-0.25, -0.2) is 9.98 Å². The summed E-state index contributed by atoms with van der Waals surface area (Å²) in [6.07, 6.45) is 3.10. The Hall–Kier alpha value is -1.64. The van der Waals surface area contributed by atoms with Crippen molar-refractivity contribution < 1.29 is 0 Å². The topological polar surface area (TPSA) is 28.0 Å². The monoisotopic (exact) mass is 243 g/mol. The molecule has 1 aliphatic heterocycles. The standard InChI is InChI=1S/C15H21N3/c1-5-13-17-14(12-9-7-6-8-10-12)16-11-18(13)15(2,3)4/h6-11,13H,5H2,1-4H3. The maximum Gasteiger partial charge on any atom is 0.158 e. The molecule has 18 heavy (non-hydrogen) atoms. The van der Waals surface area contributed by atoms with Crippen LogP contribution in [-0.2, 0) is 0 Å². The van der Waals surface area contributed by atoms with Gasteiger partial charge in [0.25, 0.3) is 0 Å². The number of rotatable bonds is 2. The molecule has 1 aromatic rings. The van der Waals surface area contributed by atoms with Crippen LogP contribution < -0.4 is 0 Å². The second-order valence-electron chi connectivity index (χ2n) is 5.53. The van der Waals surface area contributed by atoms with Crippen LogP contribution in [0.25, 0.3) is 0 Å². The normalized spacial score (nSPS) is 19.9. The fourth-order valence-corrected chi connectivity index (χ4v) is 2.08. The van der Waals surface area contributed by atoms with Gasteiger partial charge in [-0.1, -0.05) is 37.3 Å². The number of hydrogen-bond acceptors (Lipinski definition) is 3. The molecule has 0 fully saturated rings. The van der Waals surface area contributed by atoms with Crippen molar-refractivity contribution in [3.05, 3.63) is 35.9 Å². The molecule has 0 amide bonds. The van der Waals surface area contributed by atoms with Crippen molar-refractivity contribution in [3.8, 4) is 0 Å². The Labute approximate surface area is 109 Å². The fraction of sp³-hybridized carbons (Fsp3) is 0.467. The second-order valence-corrected chi connectivity index (χ2v) is 5.53. The highest BCUT2D eigenvalue weighted by atomic mass is 15.3. The quantitative estimate of drug-likeness (QED) is 0.783. The fourth-order valence-electron chi connectivity index (χ4n) is 2.08. The van der Waals surface area contributed by atoms with Crippen molar-refractivity contribution in [3.63, 3.8) is 0 Å². The SMILES string of the molecule is CCC1N=C(c2ccccc2)N=CN1C(C)(C)C. The van der Waals surface area contributed by atoms with Crippen LogP contribution in [0.15, 0.2) is 40.3 Å². The minimum Gasteiger partial charge on any atom is -0.336 e. The molecule has 0 aliphatic carbocycles. The molecule has 3 nitrogen and oxygen atoms in total. The lowest BCUT2D eigenvalue weighted by Gasteiger charge is -2.40. The maximum atomic E-state index is 4.76. The number of hydrogen-bond donors (Lipinski definition) is 0. The summed E-state index contributed by atoms with van der Waals surface area (Å²) in [6, 6.07) is 10.1. The Kier molecular flexibility index (Phi) is 3.50. The van der Waals surface area contributed by atoms with Crippen molar-refractivity contribution in [2.24, 2.45) is 9.98 Å². The van der Waals surface area contributed by atoms with Gasteiger partial charge in [0.2, 0.25) is 0 Å². The van der Waals surface area contributed by atoms with Crippen LogP contribution in [0.3, 0.4) is 0 Å². The van der Waals surface area contributed by atoms with Crippen LogP contribution >= 0.6 is 0 Å². The zero-order chi connectivity index (χ0) is 13.2. The lowest BCUT2D eigenvalue weighted by molar-refractivity contribution is 0.180. The minimum atomic E-state index is 0.0515. The van der Waals surface area contributed by atoms with Gasteiger partial charge in [-0.2, -0.15) is 0 Å². The van der Waals surface area contributed by atoms with E-state index in [9.17, 15) is 0 Å². The number of benzene rings is 1. The summed E-state index contributed by atoms with van der Waals surface area (Å²) in [5, 5.41) is 0.